The van der Waals surface area contributed by atoms with Gasteiger partial charge in [-0.2, -0.15) is 0 Å². The van der Waals surface area contributed by atoms with Crippen LogP contribution in [-0.2, 0) is 4.79 Å². The lowest BCUT2D eigenvalue weighted by molar-refractivity contribution is -0.117. The normalized spacial score (nSPS) is 17.0. The van der Waals surface area contributed by atoms with Crippen molar-refractivity contribution in [3.05, 3.63) is 40.4 Å². The lowest BCUT2D eigenvalue weighted by Crippen LogP contribution is -2.24. The van der Waals surface area contributed by atoms with Crippen molar-refractivity contribution in [3.8, 4) is 5.75 Å². The SMILES string of the molecule is CNC(=O)c1nc(C2CC(=O)N(c3ccc(OC)c(Cl)c3)C2)[nH]c1C. The van der Waals surface area contributed by atoms with Gasteiger partial charge in [-0.15, -0.1) is 0 Å². The highest BCUT2D eigenvalue weighted by Crippen LogP contribution is 2.34. The van der Waals surface area contributed by atoms with Gasteiger partial charge in [-0.25, -0.2) is 4.98 Å². The summed E-state index contributed by atoms with van der Waals surface area (Å²) in [4.78, 5) is 33.4. The summed E-state index contributed by atoms with van der Waals surface area (Å²) in [5.74, 6) is 0.840. The number of amides is 2. The molecule has 1 unspecified atom stereocenters. The summed E-state index contributed by atoms with van der Waals surface area (Å²) in [6, 6.07) is 5.25. The first-order valence-electron chi connectivity index (χ1n) is 7.87. The third-order valence-electron chi connectivity index (χ3n) is 4.30. The van der Waals surface area contributed by atoms with Crippen LogP contribution < -0.4 is 15.0 Å². The van der Waals surface area contributed by atoms with Gasteiger partial charge in [-0.05, 0) is 25.1 Å². The molecular formula is C17H19ClN4O3. The molecule has 0 radical (unpaired) electrons. The Balaban J connectivity index is 1.83. The molecule has 0 saturated carbocycles. The van der Waals surface area contributed by atoms with Crippen LogP contribution in [0.5, 0.6) is 5.75 Å². The second-order valence-corrected chi connectivity index (χ2v) is 6.31. The number of H-pyrrole nitrogens is 1. The van der Waals surface area contributed by atoms with Gasteiger partial charge >= 0.3 is 0 Å². The first-order chi connectivity index (χ1) is 11.9. The largest absolute Gasteiger partial charge is 0.495 e. The van der Waals surface area contributed by atoms with Gasteiger partial charge in [-0.1, -0.05) is 11.6 Å². The molecule has 1 atom stereocenters. The molecule has 1 aliphatic heterocycles. The Labute approximate surface area is 150 Å². The van der Waals surface area contributed by atoms with E-state index in [4.69, 9.17) is 16.3 Å². The Hall–Kier alpha value is -2.54. The minimum Gasteiger partial charge on any atom is -0.495 e. The molecule has 3 rings (SSSR count). The number of carbonyl (C=O) groups excluding carboxylic acids is 2. The van der Waals surface area contributed by atoms with Gasteiger partial charge in [0.1, 0.15) is 17.3 Å². The summed E-state index contributed by atoms with van der Waals surface area (Å²) in [7, 11) is 3.10. The molecule has 2 N–H and O–H groups in total. The molecule has 8 heteroatoms. The van der Waals surface area contributed by atoms with Gasteiger partial charge in [0.15, 0.2) is 0 Å². The number of aryl methyl sites for hydroxylation is 1. The average Bonchev–Trinajstić information content (AvgIpc) is 3.17. The minimum atomic E-state index is -0.247. The first kappa shape index (κ1) is 17.3. The standard InChI is InChI=1S/C17H19ClN4O3/c1-9-15(17(24)19-2)21-16(20-9)10-6-14(23)22(8-10)11-4-5-13(25-3)12(18)7-11/h4-5,7,10H,6,8H2,1-3H3,(H,19,24)(H,20,21). The number of ether oxygens (including phenoxy) is 1. The fraction of sp³-hybridized carbons (Fsp3) is 0.353. The Kier molecular flexibility index (Phi) is 4.67. The van der Waals surface area contributed by atoms with Crippen molar-refractivity contribution >= 4 is 29.1 Å². The van der Waals surface area contributed by atoms with Crippen molar-refractivity contribution in [1.29, 1.82) is 0 Å². The van der Waals surface area contributed by atoms with Crippen LogP contribution in [0.4, 0.5) is 5.69 Å². The van der Waals surface area contributed by atoms with E-state index in [2.05, 4.69) is 15.3 Å². The van der Waals surface area contributed by atoms with Crippen LogP contribution in [-0.4, -0.2) is 42.5 Å². The average molecular weight is 363 g/mol. The Bertz CT molecular complexity index is 833. The predicted octanol–water partition coefficient (Wildman–Crippen LogP) is 2.26. The number of benzene rings is 1. The number of aromatic amines is 1. The van der Waals surface area contributed by atoms with Crippen LogP contribution in [0.2, 0.25) is 5.02 Å². The number of nitrogens with one attached hydrogen (secondary N) is 2. The van der Waals surface area contributed by atoms with Crippen molar-refractivity contribution in [2.45, 2.75) is 19.3 Å². The molecular weight excluding hydrogens is 344 g/mol. The topological polar surface area (TPSA) is 87.3 Å². The third kappa shape index (κ3) is 3.19. The Morgan fingerprint density at radius 2 is 2.24 bits per heavy atom. The zero-order valence-corrected chi connectivity index (χ0v) is 15.0. The van der Waals surface area contributed by atoms with Crippen LogP contribution in [0.15, 0.2) is 18.2 Å². The number of hydrogen-bond donors (Lipinski definition) is 2. The number of rotatable bonds is 4. The van der Waals surface area contributed by atoms with E-state index in [-0.39, 0.29) is 17.7 Å². The van der Waals surface area contributed by atoms with Crippen LogP contribution in [0.25, 0.3) is 0 Å². The number of halogens is 1. The molecule has 2 aromatic rings. The number of nitrogens with zero attached hydrogens (tertiary/aromatic N) is 2. The molecule has 2 amide bonds. The predicted molar refractivity (Wildman–Crippen MR) is 94.4 cm³/mol. The lowest BCUT2D eigenvalue weighted by Gasteiger charge is -2.17. The van der Waals surface area contributed by atoms with Gasteiger partial charge in [0.2, 0.25) is 5.91 Å². The molecule has 7 nitrogen and oxygen atoms in total. The molecule has 0 spiro atoms. The van der Waals surface area contributed by atoms with Gasteiger partial charge in [0, 0.05) is 37.3 Å². The number of anilines is 1. The molecule has 2 heterocycles. The van der Waals surface area contributed by atoms with Crippen molar-refractivity contribution < 1.29 is 14.3 Å². The maximum Gasteiger partial charge on any atom is 0.271 e. The molecule has 1 aromatic carbocycles. The fourth-order valence-corrected chi connectivity index (χ4v) is 3.23. The van der Waals surface area contributed by atoms with E-state index in [9.17, 15) is 9.59 Å². The van der Waals surface area contributed by atoms with Crippen LogP contribution in [0, 0.1) is 6.92 Å². The lowest BCUT2D eigenvalue weighted by atomic mass is 10.1. The summed E-state index contributed by atoms with van der Waals surface area (Å²) in [6.07, 6.45) is 0.323. The van der Waals surface area contributed by atoms with Crippen molar-refractivity contribution in [2.75, 3.05) is 25.6 Å². The van der Waals surface area contributed by atoms with Gasteiger partial charge in [0.25, 0.3) is 5.91 Å². The van der Waals surface area contributed by atoms with Crippen molar-refractivity contribution in [3.63, 3.8) is 0 Å². The van der Waals surface area contributed by atoms with E-state index < -0.39 is 0 Å². The molecule has 25 heavy (non-hydrogen) atoms. The van der Waals surface area contributed by atoms with Crippen molar-refractivity contribution in [1.82, 2.24) is 15.3 Å². The molecule has 0 bridgehead atoms. The van der Waals surface area contributed by atoms with Crippen LogP contribution in [0.3, 0.4) is 0 Å². The second kappa shape index (κ2) is 6.76. The van der Waals surface area contributed by atoms with Gasteiger partial charge < -0.3 is 19.9 Å². The Morgan fingerprint density at radius 3 is 2.88 bits per heavy atom. The van der Waals surface area contributed by atoms with Crippen LogP contribution >= 0.6 is 11.6 Å². The molecule has 1 aliphatic rings. The number of hydrogen-bond acceptors (Lipinski definition) is 4. The quantitative estimate of drug-likeness (QED) is 0.873. The third-order valence-corrected chi connectivity index (χ3v) is 4.60. The smallest absolute Gasteiger partial charge is 0.271 e. The summed E-state index contributed by atoms with van der Waals surface area (Å²) >= 11 is 6.16. The van der Waals surface area contributed by atoms with Crippen molar-refractivity contribution in [2.24, 2.45) is 0 Å². The zero-order valence-electron chi connectivity index (χ0n) is 14.2. The highest BCUT2D eigenvalue weighted by molar-refractivity contribution is 6.32. The van der Waals surface area contributed by atoms with E-state index in [1.54, 1.807) is 44.2 Å². The number of methoxy groups -OCH3 is 1. The van der Waals surface area contributed by atoms with E-state index in [1.807, 2.05) is 0 Å². The van der Waals surface area contributed by atoms with Gasteiger partial charge in [0.05, 0.1) is 12.1 Å². The zero-order chi connectivity index (χ0) is 18.1. The molecule has 1 aromatic heterocycles. The Morgan fingerprint density at radius 1 is 1.48 bits per heavy atom. The summed E-state index contributed by atoms with van der Waals surface area (Å²) in [5, 5.41) is 3.01. The maximum atomic E-state index is 12.4. The molecule has 0 aliphatic carbocycles. The van der Waals surface area contributed by atoms with Crippen LogP contribution in [0.1, 0.15) is 34.3 Å². The summed E-state index contributed by atoms with van der Waals surface area (Å²) in [5.41, 5.74) is 1.76. The molecule has 132 valence electrons. The fourth-order valence-electron chi connectivity index (χ4n) is 2.98. The van der Waals surface area contributed by atoms with E-state index >= 15 is 0 Å². The van der Waals surface area contributed by atoms with E-state index in [1.165, 1.54) is 0 Å². The summed E-state index contributed by atoms with van der Waals surface area (Å²) < 4.78 is 5.14. The van der Waals surface area contributed by atoms with E-state index in [0.717, 1.165) is 0 Å². The first-order valence-corrected chi connectivity index (χ1v) is 8.24. The number of aromatic nitrogens is 2. The summed E-state index contributed by atoms with van der Waals surface area (Å²) in [6.45, 7) is 2.26. The molecule has 1 fully saturated rings. The molecule has 1 saturated heterocycles. The minimum absolute atomic E-state index is 0.0122. The highest BCUT2D eigenvalue weighted by Gasteiger charge is 2.34. The maximum absolute atomic E-state index is 12.4. The van der Waals surface area contributed by atoms with Gasteiger partial charge in [-0.3, -0.25) is 9.59 Å². The number of imidazole rings is 1. The second-order valence-electron chi connectivity index (χ2n) is 5.90. The highest BCUT2D eigenvalue weighted by atomic mass is 35.5. The number of carbonyl (C=O) groups is 2. The monoisotopic (exact) mass is 362 g/mol. The van der Waals surface area contributed by atoms with E-state index in [0.29, 0.717) is 46.6 Å².